The van der Waals surface area contributed by atoms with Crippen LogP contribution in [0.5, 0.6) is 5.75 Å². The van der Waals surface area contributed by atoms with Gasteiger partial charge in [0.1, 0.15) is 18.0 Å². The Balaban J connectivity index is 1.24. The third-order valence-electron chi connectivity index (χ3n) is 7.17. The molecule has 3 aliphatic rings. The van der Waals surface area contributed by atoms with Crippen LogP contribution >= 0.6 is 0 Å². The van der Waals surface area contributed by atoms with Crippen molar-refractivity contribution in [2.45, 2.75) is 75.2 Å². The number of benzene rings is 2. The molecule has 5 rings (SSSR count). The summed E-state index contributed by atoms with van der Waals surface area (Å²) in [5, 5.41) is 18.8. The highest BCUT2D eigenvalue weighted by Crippen LogP contribution is 2.47. The predicted octanol–water partition coefficient (Wildman–Crippen LogP) is 4.16. The van der Waals surface area contributed by atoms with Crippen molar-refractivity contribution < 1.29 is 24.2 Å². The summed E-state index contributed by atoms with van der Waals surface area (Å²) in [5.74, 6) is 0.704. The number of para-hydroxylation sites is 1. The zero-order chi connectivity index (χ0) is 24.2. The maximum absolute atomic E-state index is 12.7. The fourth-order valence-corrected chi connectivity index (χ4v) is 5.52. The lowest BCUT2D eigenvalue weighted by atomic mass is 9.84. The van der Waals surface area contributed by atoms with E-state index in [0.29, 0.717) is 17.8 Å². The molecule has 2 heterocycles. The largest absolute Gasteiger partial charge is 0.487 e. The summed E-state index contributed by atoms with van der Waals surface area (Å²) in [6, 6.07) is 14.7. The zero-order valence-corrected chi connectivity index (χ0v) is 19.7. The van der Waals surface area contributed by atoms with Crippen LogP contribution in [0, 0.1) is 0 Å². The van der Waals surface area contributed by atoms with Crippen LogP contribution in [-0.4, -0.2) is 48.0 Å². The van der Waals surface area contributed by atoms with E-state index in [9.17, 15) is 14.7 Å². The molecule has 3 amide bonds. The lowest BCUT2D eigenvalue weighted by Gasteiger charge is -2.37. The average molecular weight is 480 g/mol. The Morgan fingerprint density at radius 3 is 2.51 bits per heavy atom. The molecule has 2 aromatic carbocycles. The van der Waals surface area contributed by atoms with Crippen LogP contribution < -0.4 is 20.7 Å². The molecule has 0 spiro atoms. The molecule has 0 radical (unpaired) electrons. The number of ether oxygens (including phenoxy) is 2. The van der Waals surface area contributed by atoms with Gasteiger partial charge in [-0.05, 0) is 49.6 Å². The van der Waals surface area contributed by atoms with Gasteiger partial charge in [0.15, 0.2) is 0 Å². The van der Waals surface area contributed by atoms with E-state index in [4.69, 9.17) is 9.47 Å². The minimum atomic E-state index is -0.508. The molecule has 8 nitrogen and oxygen atoms in total. The van der Waals surface area contributed by atoms with Crippen LogP contribution in [0.1, 0.15) is 56.4 Å². The Morgan fingerprint density at radius 2 is 1.74 bits per heavy atom. The van der Waals surface area contributed by atoms with Crippen LogP contribution in [-0.2, 0) is 9.53 Å². The number of fused-ring (bicyclic) bond motifs is 3. The smallest absolute Gasteiger partial charge is 0.323 e. The summed E-state index contributed by atoms with van der Waals surface area (Å²) < 4.78 is 12.2. The maximum atomic E-state index is 12.7. The van der Waals surface area contributed by atoms with Gasteiger partial charge in [-0.1, -0.05) is 37.5 Å². The predicted molar refractivity (Wildman–Crippen MR) is 133 cm³/mol. The van der Waals surface area contributed by atoms with E-state index in [-0.39, 0.29) is 49.1 Å². The number of urea groups is 1. The second-order valence-corrected chi connectivity index (χ2v) is 9.71. The molecular weight excluding hydrogens is 446 g/mol. The van der Waals surface area contributed by atoms with Gasteiger partial charge in [-0.25, -0.2) is 4.79 Å². The minimum absolute atomic E-state index is 0.00387. The number of nitrogens with one attached hydrogen (secondary N) is 3. The molecule has 4 atom stereocenters. The van der Waals surface area contributed by atoms with E-state index in [0.717, 1.165) is 37.0 Å². The van der Waals surface area contributed by atoms with Crippen molar-refractivity contribution in [2.24, 2.45) is 0 Å². The lowest BCUT2D eigenvalue weighted by Crippen LogP contribution is -2.48. The normalized spacial score (nSPS) is 25.6. The highest BCUT2D eigenvalue weighted by atomic mass is 16.6. The van der Waals surface area contributed by atoms with Gasteiger partial charge in [-0.3, -0.25) is 4.79 Å². The molecule has 4 N–H and O–H groups in total. The SMILES string of the molecule is O=C(C[C@@H]1C[C@H]2c3cc(NC(=O)Nc4ccccc4)ccc3O[C@H]2[C@H](CO)O1)NC1CCCCC1. The molecule has 1 aliphatic carbocycles. The second-order valence-electron chi connectivity index (χ2n) is 9.71. The topological polar surface area (TPSA) is 109 Å². The first-order valence-electron chi connectivity index (χ1n) is 12.6. The summed E-state index contributed by atoms with van der Waals surface area (Å²) in [4.78, 5) is 25.1. The second kappa shape index (κ2) is 10.7. The number of rotatable bonds is 6. The van der Waals surface area contributed by atoms with Crippen molar-refractivity contribution in [1.82, 2.24) is 5.32 Å². The van der Waals surface area contributed by atoms with Gasteiger partial charge < -0.3 is 30.5 Å². The Morgan fingerprint density at radius 1 is 0.971 bits per heavy atom. The molecule has 186 valence electrons. The lowest BCUT2D eigenvalue weighted by molar-refractivity contribution is -0.142. The van der Waals surface area contributed by atoms with Crippen molar-refractivity contribution in [3.8, 4) is 5.75 Å². The molecule has 8 heteroatoms. The Bertz CT molecular complexity index is 1040. The Hall–Kier alpha value is -3.10. The van der Waals surface area contributed by atoms with Gasteiger partial charge in [-0.2, -0.15) is 0 Å². The van der Waals surface area contributed by atoms with Crippen molar-refractivity contribution in [3.63, 3.8) is 0 Å². The fourth-order valence-electron chi connectivity index (χ4n) is 5.52. The van der Waals surface area contributed by atoms with Crippen LogP contribution in [0.25, 0.3) is 0 Å². The number of aliphatic hydroxyl groups excluding tert-OH is 1. The zero-order valence-electron chi connectivity index (χ0n) is 19.7. The highest BCUT2D eigenvalue weighted by molar-refractivity contribution is 5.99. The third kappa shape index (κ3) is 5.60. The van der Waals surface area contributed by atoms with E-state index in [2.05, 4.69) is 16.0 Å². The number of carbonyl (C=O) groups excluding carboxylic acids is 2. The van der Waals surface area contributed by atoms with Crippen molar-refractivity contribution in [2.75, 3.05) is 17.2 Å². The molecule has 2 aliphatic heterocycles. The fraction of sp³-hybridized carbons (Fsp3) is 0.481. The van der Waals surface area contributed by atoms with E-state index in [1.54, 1.807) is 6.07 Å². The molecular formula is C27H33N3O5. The highest BCUT2D eigenvalue weighted by Gasteiger charge is 2.46. The van der Waals surface area contributed by atoms with Gasteiger partial charge in [-0.15, -0.1) is 0 Å². The van der Waals surface area contributed by atoms with E-state index in [1.807, 2.05) is 42.5 Å². The van der Waals surface area contributed by atoms with Crippen molar-refractivity contribution in [3.05, 3.63) is 54.1 Å². The van der Waals surface area contributed by atoms with Crippen molar-refractivity contribution in [1.29, 1.82) is 0 Å². The summed E-state index contributed by atoms with van der Waals surface area (Å²) >= 11 is 0. The molecule has 0 unspecified atom stereocenters. The van der Waals surface area contributed by atoms with Crippen LogP contribution in [0.3, 0.4) is 0 Å². The molecule has 1 saturated heterocycles. The summed E-state index contributed by atoms with van der Waals surface area (Å²) in [6.45, 7) is -0.180. The van der Waals surface area contributed by atoms with E-state index in [1.165, 1.54) is 6.42 Å². The van der Waals surface area contributed by atoms with Gasteiger partial charge in [0.25, 0.3) is 0 Å². The molecule has 0 aromatic heterocycles. The summed E-state index contributed by atoms with van der Waals surface area (Å²) in [6.07, 6.45) is 5.39. The first-order chi connectivity index (χ1) is 17.1. The summed E-state index contributed by atoms with van der Waals surface area (Å²) in [5.41, 5.74) is 2.33. The molecule has 1 saturated carbocycles. The Kier molecular flexibility index (Phi) is 7.20. The van der Waals surface area contributed by atoms with E-state index < -0.39 is 6.10 Å². The number of hydrogen-bond acceptors (Lipinski definition) is 5. The van der Waals surface area contributed by atoms with Gasteiger partial charge in [0.05, 0.1) is 19.1 Å². The quantitative estimate of drug-likeness (QED) is 0.497. The minimum Gasteiger partial charge on any atom is -0.487 e. The number of hydrogen-bond donors (Lipinski definition) is 4. The number of anilines is 2. The first-order valence-corrected chi connectivity index (χ1v) is 12.6. The van der Waals surface area contributed by atoms with Crippen LogP contribution in [0.2, 0.25) is 0 Å². The molecule has 0 bridgehead atoms. The Labute approximate surface area is 205 Å². The third-order valence-corrected chi connectivity index (χ3v) is 7.17. The van der Waals surface area contributed by atoms with Crippen molar-refractivity contribution >= 4 is 23.3 Å². The van der Waals surface area contributed by atoms with Gasteiger partial charge in [0.2, 0.25) is 5.91 Å². The number of amides is 3. The molecule has 2 fully saturated rings. The summed E-state index contributed by atoms with van der Waals surface area (Å²) in [7, 11) is 0. The van der Waals surface area contributed by atoms with Crippen LogP contribution in [0.15, 0.2) is 48.5 Å². The van der Waals surface area contributed by atoms with E-state index >= 15 is 0 Å². The molecule has 35 heavy (non-hydrogen) atoms. The monoisotopic (exact) mass is 479 g/mol. The van der Waals surface area contributed by atoms with Gasteiger partial charge >= 0.3 is 6.03 Å². The van der Waals surface area contributed by atoms with Gasteiger partial charge in [0, 0.05) is 28.9 Å². The standard InChI is InChI=1S/C27H33N3O5/c31-16-24-26-22(14-20(34-24)15-25(32)28-17-7-3-1-4-8-17)21-13-19(11-12-23(21)35-26)30-27(33)29-18-9-5-2-6-10-18/h2,5-6,9-13,17,20,22,24,26,31H,1,3-4,7-8,14-16H2,(H,28,32)(H2,29,30,33)/t20-,22-,24-,26+/m0/s1. The number of aliphatic hydroxyl groups is 1. The van der Waals surface area contributed by atoms with Crippen LogP contribution in [0.4, 0.5) is 16.2 Å². The molecule has 2 aromatic rings. The maximum Gasteiger partial charge on any atom is 0.323 e. The average Bonchev–Trinajstić information content (AvgIpc) is 3.22. The first kappa shape index (κ1) is 23.6. The number of carbonyl (C=O) groups is 2.